The van der Waals surface area contributed by atoms with Crippen molar-refractivity contribution in [3.8, 4) is 0 Å². The van der Waals surface area contributed by atoms with Crippen molar-refractivity contribution in [2.24, 2.45) is 5.92 Å². The minimum atomic E-state index is -1.02. The molecule has 2 aliphatic heterocycles. The molecule has 0 aromatic heterocycles. The number of aliphatic carboxylic acids is 1. The van der Waals surface area contributed by atoms with Crippen molar-refractivity contribution in [2.45, 2.75) is 56.2 Å². The molecule has 23 heavy (non-hydrogen) atoms. The predicted octanol–water partition coefficient (Wildman–Crippen LogP) is 2.92. The standard InChI is InChI=1S/C19H27NO3/c1-19(18(21)22,14-7-5-4-6-8-14)17(23-3)13-11-15-9-10-16(12-13)20(15)2/h4-8,13,15-17H,9-12H2,1-3H3,(H,21,22)/t13?,15-,16+,17-,19?/m1/s1. The Hall–Kier alpha value is -1.39. The van der Waals surface area contributed by atoms with Crippen LogP contribution in [0.3, 0.4) is 0 Å². The number of nitrogens with zero attached hydrogens (tertiary/aromatic N) is 1. The van der Waals surface area contributed by atoms with E-state index in [1.54, 1.807) is 7.11 Å². The topological polar surface area (TPSA) is 49.8 Å². The predicted molar refractivity (Wildman–Crippen MR) is 89.5 cm³/mol. The summed E-state index contributed by atoms with van der Waals surface area (Å²) in [6, 6.07) is 10.7. The smallest absolute Gasteiger partial charge is 0.316 e. The molecule has 2 fully saturated rings. The van der Waals surface area contributed by atoms with E-state index in [0.717, 1.165) is 18.4 Å². The summed E-state index contributed by atoms with van der Waals surface area (Å²) in [5, 5.41) is 10.0. The lowest BCUT2D eigenvalue weighted by Crippen LogP contribution is -2.53. The maximum Gasteiger partial charge on any atom is 0.316 e. The zero-order chi connectivity index (χ0) is 16.6. The Bertz CT molecular complexity index is 547. The van der Waals surface area contributed by atoms with Crippen molar-refractivity contribution >= 4 is 5.97 Å². The van der Waals surface area contributed by atoms with E-state index in [9.17, 15) is 9.90 Å². The summed E-state index contributed by atoms with van der Waals surface area (Å²) in [6.45, 7) is 1.82. The Labute approximate surface area is 138 Å². The fourth-order valence-corrected chi connectivity index (χ4v) is 4.79. The Kier molecular flexibility index (Phi) is 4.47. The maximum atomic E-state index is 12.2. The highest BCUT2D eigenvalue weighted by Gasteiger charge is 2.51. The molecule has 2 heterocycles. The third kappa shape index (κ3) is 2.68. The van der Waals surface area contributed by atoms with Gasteiger partial charge in [0.1, 0.15) is 5.41 Å². The Morgan fingerprint density at radius 2 is 1.83 bits per heavy atom. The van der Waals surface area contributed by atoms with Gasteiger partial charge in [0.15, 0.2) is 0 Å². The van der Waals surface area contributed by atoms with Crippen LogP contribution in [0.25, 0.3) is 0 Å². The summed E-state index contributed by atoms with van der Waals surface area (Å²) in [7, 11) is 3.86. The van der Waals surface area contributed by atoms with Crippen molar-refractivity contribution in [3.05, 3.63) is 35.9 Å². The summed E-state index contributed by atoms with van der Waals surface area (Å²) >= 11 is 0. The third-order valence-corrected chi connectivity index (χ3v) is 6.20. The SMILES string of the molecule is CO[C@H](C1C[C@H]2CC[C@@H](C1)N2C)C(C)(C(=O)O)c1ccccc1. The number of hydrogen-bond donors (Lipinski definition) is 1. The normalized spacial score (nSPS) is 31.5. The van der Waals surface area contributed by atoms with E-state index in [1.165, 1.54) is 12.8 Å². The third-order valence-electron chi connectivity index (χ3n) is 6.20. The quantitative estimate of drug-likeness (QED) is 0.907. The summed E-state index contributed by atoms with van der Waals surface area (Å²) < 4.78 is 5.83. The van der Waals surface area contributed by atoms with Gasteiger partial charge in [0.05, 0.1) is 6.10 Å². The monoisotopic (exact) mass is 317 g/mol. The first-order valence-corrected chi connectivity index (χ1v) is 8.52. The molecule has 1 aromatic carbocycles. The minimum absolute atomic E-state index is 0.287. The number of ether oxygens (including phenoxy) is 1. The first-order chi connectivity index (χ1) is 11.0. The van der Waals surface area contributed by atoms with E-state index in [0.29, 0.717) is 12.1 Å². The van der Waals surface area contributed by atoms with Crippen LogP contribution in [0.2, 0.25) is 0 Å². The molecule has 126 valence electrons. The number of carbonyl (C=O) groups is 1. The first-order valence-electron chi connectivity index (χ1n) is 8.52. The van der Waals surface area contributed by atoms with E-state index in [4.69, 9.17) is 4.74 Å². The Balaban J connectivity index is 1.93. The molecule has 1 N–H and O–H groups in total. The highest BCUT2D eigenvalue weighted by atomic mass is 16.5. The van der Waals surface area contributed by atoms with Gasteiger partial charge in [-0.2, -0.15) is 0 Å². The molecule has 4 nitrogen and oxygen atoms in total. The van der Waals surface area contributed by atoms with Gasteiger partial charge in [-0.1, -0.05) is 30.3 Å². The van der Waals surface area contributed by atoms with Gasteiger partial charge in [-0.15, -0.1) is 0 Å². The first kappa shape index (κ1) is 16.5. The average Bonchev–Trinajstić information content (AvgIpc) is 2.77. The summed E-state index contributed by atoms with van der Waals surface area (Å²) in [6.07, 6.45) is 4.20. The molecule has 2 saturated heterocycles. The number of hydrogen-bond acceptors (Lipinski definition) is 3. The van der Waals surface area contributed by atoms with E-state index >= 15 is 0 Å². The van der Waals surface area contributed by atoms with Crippen LogP contribution in [-0.2, 0) is 14.9 Å². The van der Waals surface area contributed by atoms with Gasteiger partial charge in [-0.3, -0.25) is 4.79 Å². The van der Waals surface area contributed by atoms with E-state index < -0.39 is 11.4 Å². The Morgan fingerprint density at radius 3 is 2.30 bits per heavy atom. The highest BCUT2D eigenvalue weighted by Crippen LogP contribution is 2.44. The Morgan fingerprint density at radius 1 is 1.26 bits per heavy atom. The number of methoxy groups -OCH3 is 1. The summed E-state index contributed by atoms with van der Waals surface area (Å²) in [4.78, 5) is 14.7. The molecule has 5 atom stereocenters. The molecule has 1 aromatic rings. The molecule has 0 radical (unpaired) electrons. The van der Waals surface area contributed by atoms with Gasteiger partial charge in [-0.05, 0) is 51.1 Å². The van der Waals surface area contributed by atoms with Crippen molar-refractivity contribution < 1.29 is 14.6 Å². The second kappa shape index (κ2) is 6.25. The fraction of sp³-hybridized carbons (Fsp3) is 0.632. The van der Waals surface area contributed by atoms with Gasteiger partial charge >= 0.3 is 5.97 Å². The number of piperidine rings is 1. The lowest BCUT2D eigenvalue weighted by molar-refractivity contribution is -0.152. The van der Waals surface area contributed by atoms with E-state index in [1.807, 2.05) is 37.3 Å². The highest BCUT2D eigenvalue weighted by molar-refractivity contribution is 5.82. The van der Waals surface area contributed by atoms with Gasteiger partial charge in [0.25, 0.3) is 0 Å². The van der Waals surface area contributed by atoms with Crippen LogP contribution in [0.4, 0.5) is 0 Å². The minimum Gasteiger partial charge on any atom is -0.481 e. The second-order valence-electron chi connectivity index (χ2n) is 7.31. The van der Waals surface area contributed by atoms with E-state index in [2.05, 4.69) is 11.9 Å². The average molecular weight is 317 g/mol. The molecular formula is C19H27NO3. The number of benzene rings is 1. The summed E-state index contributed by atoms with van der Waals surface area (Å²) in [5.74, 6) is -0.517. The molecule has 0 aliphatic carbocycles. The van der Waals surface area contributed by atoms with Crippen molar-refractivity contribution in [1.29, 1.82) is 0 Å². The van der Waals surface area contributed by atoms with Crippen LogP contribution in [-0.4, -0.2) is 48.3 Å². The molecule has 4 heteroatoms. The lowest BCUT2D eigenvalue weighted by atomic mass is 9.69. The molecule has 0 saturated carbocycles. The largest absolute Gasteiger partial charge is 0.481 e. The molecular weight excluding hydrogens is 290 g/mol. The molecule has 3 rings (SSSR count). The number of rotatable bonds is 5. The summed E-state index contributed by atoms with van der Waals surface area (Å²) in [5.41, 5.74) is -0.193. The zero-order valence-electron chi connectivity index (χ0n) is 14.2. The van der Waals surface area contributed by atoms with Crippen molar-refractivity contribution in [2.75, 3.05) is 14.2 Å². The van der Waals surface area contributed by atoms with Gasteiger partial charge < -0.3 is 14.7 Å². The van der Waals surface area contributed by atoms with Crippen LogP contribution in [0, 0.1) is 5.92 Å². The van der Waals surface area contributed by atoms with Crippen LogP contribution in [0.15, 0.2) is 30.3 Å². The fourth-order valence-electron chi connectivity index (χ4n) is 4.79. The maximum absolute atomic E-state index is 12.2. The zero-order valence-corrected chi connectivity index (χ0v) is 14.2. The number of carboxylic acids is 1. The molecule has 0 spiro atoms. The van der Waals surface area contributed by atoms with Gasteiger partial charge in [-0.25, -0.2) is 0 Å². The van der Waals surface area contributed by atoms with Crippen LogP contribution in [0.1, 0.15) is 38.2 Å². The molecule has 2 unspecified atom stereocenters. The molecule has 0 amide bonds. The van der Waals surface area contributed by atoms with Crippen LogP contribution < -0.4 is 0 Å². The number of fused-ring (bicyclic) bond motifs is 2. The second-order valence-corrected chi connectivity index (χ2v) is 7.31. The van der Waals surface area contributed by atoms with Crippen LogP contribution in [0.5, 0.6) is 0 Å². The number of carboxylic acid groups (broad SMARTS) is 1. The van der Waals surface area contributed by atoms with Gasteiger partial charge in [0.2, 0.25) is 0 Å². The van der Waals surface area contributed by atoms with Gasteiger partial charge in [0, 0.05) is 19.2 Å². The van der Waals surface area contributed by atoms with Crippen molar-refractivity contribution in [3.63, 3.8) is 0 Å². The molecule has 2 aliphatic rings. The van der Waals surface area contributed by atoms with Crippen molar-refractivity contribution in [1.82, 2.24) is 4.90 Å². The lowest BCUT2D eigenvalue weighted by Gasteiger charge is -2.44. The van der Waals surface area contributed by atoms with E-state index in [-0.39, 0.29) is 12.0 Å². The molecule has 2 bridgehead atoms. The van der Waals surface area contributed by atoms with Crippen LogP contribution >= 0.6 is 0 Å².